The first-order valence-corrected chi connectivity index (χ1v) is 7.61. The zero-order valence-electron chi connectivity index (χ0n) is 14.0. The fraction of sp³-hybridized carbons (Fsp3) is 0.158. The van der Waals surface area contributed by atoms with Gasteiger partial charge < -0.3 is 4.74 Å². The Morgan fingerprint density at radius 2 is 1.60 bits per heavy atom. The Kier molecular flexibility index (Phi) is 6.17. The summed E-state index contributed by atoms with van der Waals surface area (Å²) in [5.41, 5.74) is 3.97. The molecule has 2 aromatic carbocycles. The average molecular weight is 338 g/mol. The highest BCUT2D eigenvalue weighted by molar-refractivity contribution is 6.40. The summed E-state index contributed by atoms with van der Waals surface area (Å²) in [4.78, 5) is 36.1. The Labute approximate surface area is 145 Å². The second-order valence-electron chi connectivity index (χ2n) is 5.32. The summed E-state index contributed by atoms with van der Waals surface area (Å²) in [6.07, 6.45) is -0.273. The van der Waals surface area contributed by atoms with Crippen LogP contribution in [-0.4, -0.2) is 30.5 Å². The van der Waals surface area contributed by atoms with E-state index in [0.717, 1.165) is 5.56 Å². The number of nitrogens with one attached hydrogen (secondary N) is 1. The molecule has 0 unspecified atom stereocenters. The average Bonchev–Trinajstić information content (AvgIpc) is 2.65. The summed E-state index contributed by atoms with van der Waals surface area (Å²) in [6, 6.07) is 15.4. The van der Waals surface area contributed by atoms with E-state index in [1.807, 2.05) is 6.92 Å². The minimum absolute atomic E-state index is 0.169. The van der Waals surface area contributed by atoms with Gasteiger partial charge >= 0.3 is 5.97 Å². The van der Waals surface area contributed by atoms with Crippen molar-refractivity contribution in [1.82, 2.24) is 5.43 Å². The minimum atomic E-state index is -0.770. The summed E-state index contributed by atoms with van der Waals surface area (Å²) in [6.45, 7) is 1.91. The molecule has 1 N–H and O–H groups in total. The number of nitrogens with zero attached hydrogens (tertiary/aromatic N) is 1. The van der Waals surface area contributed by atoms with Gasteiger partial charge in [0.25, 0.3) is 5.91 Å². The molecule has 0 aliphatic heterocycles. The molecular weight excluding hydrogens is 320 g/mol. The van der Waals surface area contributed by atoms with Crippen molar-refractivity contribution in [3.05, 3.63) is 71.3 Å². The number of hydrogen-bond donors (Lipinski definition) is 1. The normalized spacial score (nSPS) is 10.9. The number of rotatable bonds is 6. The number of esters is 1. The van der Waals surface area contributed by atoms with Gasteiger partial charge in [-0.15, -0.1) is 0 Å². The molecule has 0 aromatic heterocycles. The Morgan fingerprint density at radius 1 is 0.960 bits per heavy atom. The molecule has 2 rings (SSSR count). The van der Waals surface area contributed by atoms with Crippen molar-refractivity contribution in [2.45, 2.75) is 13.3 Å². The molecule has 0 heterocycles. The molecule has 0 radical (unpaired) electrons. The number of hydrogen-bond acceptors (Lipinski definition) is 5. The summed E-state index contributed by atoms with van der Waals surface area (Å²) >= 11 is 0. The maximum absolute atomic E-state index is 12.3. The van der Waals surface area contributed by atoms with E-state index in [9.17, 15) is 14.4 Å². The predicted octanol–water partition coefficient (Wildman–Crippen LogP) is 2.53. The van der Waals surface area contributed by atoms with E-state index in [4.69, 9.17) is 0 Å². The van der Waals surface area contributed by atoms with E-state index >= 15 is 0 Å². The van der Waals surface area contributed by atoms with Gasteiger partial charge in [0, 0.05) is 11.1 Å². The van der Waals surface area contributed by atoms with Crippen molar-refractivity contribution in [1.29, 1.82) is 0 Å². The van der Waals surface area contributed by atoms with E-state index in [0.29, 0.717) is 11.1 Å². The highest BCUT2D eigenvalue weighted by Crippen LogP contribution is 2.07. The van der Waals surface area contributed by atoms with Gasteiger partial charge in [0.2, 0.25) is 0 Å². The lowest BCUT2D eigenvalue weighted by Crippen LogP contribution is -2.26. The van der Waals surface area contributed by atoms with Crippen LogP contribution in [-0.2, 0) is 9.53 Å². The second-order valence-corrected chi connectivity index (χ2v) is 5.32. The van der Waals surface area contributed by atoms with Crippen LogP contribution in [0.15, 0.2) is 59.7 Å². The van der Waals surface area contributed by atoms with Crippen molar-refractivity contribution in [3.8, 4) is 0 Å². The molecule has 0 fully saturated rings. The first kappa shape index (κ1) is 18.1. The van der Waals surface area contributed by atoms with Crippen molar-refractivity contribution in [3.63, 3.8) is 0 Å². The van der Waals surface area contributed by atoms with Gasteiger partial charge in [0.15, 0.2) is 11.5 Å². The van der Waals surface area contributed by atoms with Crippen molar-refractivity contribution in [2.24, 2.45) is 5.10 Å². The Balaban J connectivity index is 2.12. The lowest BCUT2D eigenvalue weighted by Gasteiger charge is -2.06. The number of carbonyl (C=O) groups excluding carboxylic acids is 3. The molecule has 0 atom stereocenters. The number of ketones is 1. The first-order valence-electron chi connectivity index (χ1n) is 7.61. The second kappa shape index (κ2) is 8.54. The quantitative estimate of drug-likeness (QED) is 0.380. The van der Waals surface area contributed by atoms with E-state index < -0.39 is 11.9 Å². The Hall–Kier alpha value is -3.28. The lowest BCUT2D eigenvalue weighted by atomic mass is 10.0. The molecule has 0 bridgehead atoms. The summed E-state index contributed by atoms with van der Waals surface area (Å²) in [5.74, 6) is -1.54. The molecule has 0 saturated heterocycles. The fourth-order valence-corrected chi connectivity index (χ4v) is 2.04. The lowest BCUT2D eigenvalue weighted by molar-refractivity contribution is -0.132. The molecule has 2 aromatic rings. The number of Topliss-reactive ketones (excluding diaryl/α,β-unsaturated/α-hetero) is 1. The number of aryl methyl sites for hydroxylation is 1. The molecule has 6 heteroatoms. The SMILES string of the molecule is COC(=O)/C(CC(=O)c1ccc(C)cc1)=N\NC(=O)c1ccccc1. The smallest absolute Gasteiger partial charge is 0.354 e. The number of amides is 1. The molecule has 1 amide bonds. The van der Waals surface area contributed by atoms with Gasteiger partial charge in [0.1, 0.15) is 0 Å². The van der Waals surface area contributed by atoms with Gasteiger partial charge in [-0.3, -0.25) is 9.59 Å². The molecule has 0 saturated carbocycles. The van der Waals surface area contributed by atoms with Gasteiger partial charge in [-0.25, -0.2) is 10.2 Å². The van der Waals surface area contributed by atoms with E-state index in [2.05, 4.69) is 15.3 Å². The van der Waals surface area contributed by atoms with E-state index in [-0.39, 0.29) is 17.9 Å². The molecule has 25 heavy (non-hydrogen) atoms. The third-order valence-corrected chi connectivity index (χ3v) is 3.45. The van der Waals surface area contributed by atoms with Crippen LogP contribution >= 0.6 is 0 Å². The fourth-order valence-electron chi connectivity index (χ4n) is 2.04. The topological polar surface area (TPSA) is 84.8 Å². The molecule has 128 valence electrons. The number of ether oxygens (including phenoxy) is 1. The van der Waals surface area contributed by atoms with Crippen molar-refractivity contribution < 1.29 is 19.1 Å². The zero-order chi connectivity index (χ0) is 18.2. The van der Waals surface area contributed by atoms with E-state index in [1.54, 1.807) is 54.6 Å². The summed E-state index contributed by atoms with van der Waals surface area (Å²) < 4.78 is 4.63. The summed E-state index contributed by atoms with van der Waals surface area (Å²) in [5, 5.41) is 3.78. The van der Waals surface area contributed by atoms with Crippen LogP contribution in [0.25, 0.3) is 0 Å². The third-order valence-electron chi connectivity index (χ3n) is 3.45. The highest BCUT2D eigenvalue weighted by Gasteiger charge is 2.18. The standard InChI is InChI=1S/C19H18N2O4/c1-13-8-10-14(11-9-13)17(22)12-16(19(24)25-2)20-21-18(23)15-6-4-3-5-7-15/h3-11H,12H2,1-2H3,(H,21,23)/b20-16-. The number of hydrazone groups is 1. The van der Waals surface area contributed by atoms with Gasteiger partial charge in [-0.05, 0) is 19.1 Å². The third kappa shape index (κ3) is 5.10. The maximum atomic E-state index is 12.3. The number of carbonyl (C=O) groups is 3. The van der Waals surface area contributed by atoms with Crippen LogP contribution in [0, 0.1) is 6.92 Å². The van der Waals surface area contributed by atoms with Crippen LogP contribution in [0.3, 0.4) is 0 Å². The Bertz CT molecular complexity index is 796. The van der Waals surface area contributed by atoms with Crippen LogP contribution in [0.5, 0.6) is 0 Å². The number of methoxy groups -OCH3 is 1. The van der Waals surface area contributed by atoms with Gasteiger partial charge in [-0.2, -0.15) is 5.10 Å². The highest BCUT2D eigenvalue weighted by atomic mass is 16.5. The van der Waals surface area contributed by atoms with Crippen molar-refractivity contribution in [2.75, 3.05) is 7.11 Å². The molecule has 0 aliphatic carbocycles. The number of benzene rings is 2. The van der Waals surface area contributed by atoms with Crippen LogP contribution in [0.1, 0.15) is 32.7 Å². The summed E-state index contributed by atoms with van der Waals surface area (Å²) in [7, 11) is 1.19. The molecule has 0 spiro atoms. The Morgan fingerprint density at radius 3 is 2.20 bits per heavy atom. The largest absolute Gasteiger partial charge is 0.464 e. The van der Waals surface area contributed by atoms with Gasteiger partial charge in [0.05, 0.1) is 13.5 Å². The van der Waals surface area contributed by atoms with E-state index in [1.165, 1.54) is 7.11 Å². The monoisotopic (exact) mass is 338 g/mol. The van der Waals surface area contributed by atoms with Crippen molar-refractivity contribution >= 4 is 23.4 Å². The van der Waals surface area contributed by atoms with Crippen LogP contribution < -0.4 is 5.43 Å². The predicted molar refractivity (Wildman–Crippen MR) is 93.5 cm³/mol. The molecule has 6 nitrogen and oxygen atoms in total. The zero-order valence-corrected chi connectivity index (χ0v) is 14.0. The van der Waals surface area contributed by atoms with Crippen LogP contribution in [0.4, 0.5) is 0 Å². The van der Waals surface area contributed by atoms with Crippen LogP contribution in [0.2, 0.25) is 0 Å². The molecule has 0 aliphatic rings. The van der Waals surface area contributed by atoms with Gasteiger partial charge in [-0.1, -0.05) is 48.0 Å². The molecular formula is C19H18N2O4. The minimum Gasteiger partial charge on any atom is -0.464 e. The first-order chi connectivity index (χ1) is 12.0. The maximum Gasteiger partial charge on any atom is 0.354 e.